The molecule has 0 radical (unpaired) electrons. The summed E-state index contributed by atoms with van der Waals surface area (Å²) >= 11 is 1.69. The summed E-state index contributed by atoms with van der Waals surface area (Å²) in [5.74, 6) is 2.59. The number of hydrogen-bond donors (Lipinski definition) is 2. The van der Waals surface area contributed by atoms with Gasteiger partial charge in [0.15, 0.2) is 11.8 Å². The molecule has 3 heterocycles. The molecule has 142 valence electrons. The van der Waals surface area contributed by atoms with Crippen molar-refractivity contribution in [3.05, 3.63) is 34.0 Å². The first-order valence-electron chi connectivity index (χ1n) is 8.90. The highest BCUT2D eigenvalue weighted by atomic mass is 32.1. The Kier molecular flexibility index (Phi) is 6.98. The molecule has 1 aliphatic heterocycles. The second kappa shape index (κ2) is 9.65. The van der Waals surface area contributed by atoms with E-state index in [2.05, 4.69) is 42.6 Å². The van der Waals surface area contributed by atoms with Crippen LogP contribution in [0.4, 0.5) is 0 Å². The van der Waals surface area contributed by atoms with Crippen molar-refractivity contribution >= 4 is 17.3 Å². The Bertz CT molecular complexity index is 692. The molecule has 2 aromatic rings. The van der Waals surface area contributed by atoms with Crippen LogP contribution in [-0.4, -0.2) is 65.0 Å². The largest absolute Gasteiger partial charge is 0.379 e. The van der Waals surface area contributed by atoms with E-state index >= 15 is 0 Å². The van der Waals surface area contributed by atoms with Gasteiger partial charge >= 0.3 is 0 Å². The quantitative estimate of drug-likeness (QED) is 0.548. The maximum absolute atomic E-state index is 5.40. The average molecular weight is 378 g/mol. The van der Waals surface area contributed by atoms with Crippen LogP contribution in [0, 0.1) is 6.92 Å². The summed E-state index contributed by atoms with van der Waals surface area (Å²) in [6.45, 7) is 8.65. The molecule has 26 heavy (non-hydrogen) atoms. The van der Waals surface area contributed by atoms with Crippen molar-refractivity contribution < 1.29 is 4.74 Å². The standard InChI is InChI=1S/C17H27N7OS/c1-14-21-22-16(23(14)2)12-20-17(19-11-15-3-10-26-13-15)18-4-5-24-6-8-25-9-7-24/h3,10,13H,4-9,11-12H2,1-2H3,(H2,18,19,20). The zero-order chi connectivity index (χ0) is 18.2. The van der Waals surface area contributed by atoms with Crippen LogP contribution in [0.3, 0.4) is 0 Å². The van der Waals surface area contributed by atoms with Crippen molar-refractivity contribution in [2.24, 2.45) is 12.0 Å². The molecule has 1 fully saturated rings. The summed E-state index contributed by atoms with van der Waals surface area (Å²) in [7, 11) is 1.97. The molecule has 1 aliphatic rings. The molecule has 3 rings (SSSR count). The number of nitrogens with one attached hydrogen (secondary N) is 2. The Morgan fingerprint density at radius 3 is 2.85 bits per heavy atom. The number of aromatic nitrogens is 3. The lowest BCUT2D eigenvalue weighted by Gasteiger charge is -2.26. The fourth-order valence-electron chi connectivity index (χ4n) is 2.65. The summed E-state index contributed by atoms with van der Waals surface area (Å²) in [5, 5.41) is 19.3. The van der Waals surface area contributed by atoms with Gasteiger partial charge < -0.3 is 19.9 Å². The van der Waals surface area contributed by atoms with E-state index < -0.39 is 0 Å². The van der Waals surface area contributed by atoms with Gasteiger partial charge in [0.25, 0.3) is 0 Å². The zero-order valence-electron chi connectivity index (χ0n) is 15.4. The number of nitrogens with zero attached hydrogens (tertiary/aromatic N) is 5. The van der Waals surface area contributed by atoms with Crippen LogP contribution in [0.2, 0.25) is 0 Å². The third-order valence-corrected chi connectivity index (χ3v) is 5.15. The lowest BCUT2D eigenvalue weighted by Crippen LogP contribution is -2.44. The fourth-order valence-corrected chi connectivity index (χ4v) is 3.31. The molecule has 8 nitrogen and oxygen atoms in total. The molecule has 1 saturated heterocycles. The predicted octanol–water partition coefficient (Wildman–Crippen LogP) is 0.753. The fraction of sp³-hybridized carbons (Fsp3) is 0.588. The number of guanidine groups is 1. The van der Waals surface area contributed by atoms with Gasteiger partial charge in [0.1, 0.15) is 5.82 Å². The smallest absolute Gasteiger partial charge is 0.192 e. The van der Waals surface area contributed by atoms with Crippen LogP contribution in [-0.2, 0) is 24.9 Å². The first-order chi connectivity index (χ1) is 12.7. The maximum atomic E-state index is 5.40. The number of ether oxygens (including phenoxy) is 1. The number of hydrogen-bond acceptors (Lipinski definition) is 6. The highest BCUT2D eigenvalue weighted by Crippen LogP contribution is 2.07. The van der Waals surface area contributed by atoms with E-state index in [0.717, 1.165) is 57.0 Å². The second-order valence-corrected chi connectivity index (χ2v) is 7.03. The Hall–Kier alpha value is -1.97. The molecule has 0 unspecified atom stereocenters. The van der Waals surface area contributed by atoms with Gasteiger partial charge in [-0.25, -0.2) is 4.99 Å². The van der Waals surface area contributed by atoms with Gasteiger partial charge in [-0.3, -0.25) is 4.90 Å². The summed E-state index contributed by atoms with van der Waals surface area (Å²) in [5.41, 5.74) is 1.22. The Balaban J connectivity index is 1.53. The van der Waals surface area contributed by atoms with Crippen molar-refractivity contribution in [1.29, 1.82) is 0 Å². The lowest BCUT2D eigenvalue weighted by atomic mass is 10.3. The Morgan fingerprint density at radius 2 is 2.15 bits per heavy atom. The first-order valence-corrected chi connectivity index (χ1v) is 9.85. The molecule has 2 N–H and O–H groups in total. The second-order valence-electron chi connectivity index (χ2n) is 6.25. The number of aliphatic imine (C=N–C) groups is 1. The average Bonchev–Trinajstić information content (AvgIpc) is 3.29. The number of thiophene rings is 1. The van der Waals surface area contributed by atoms with Crippen molar-refractivity contribution in [3.63, 3.8) is 0 Å². The van der Waals surface area contributed by atoms with Crippen molar-refractivity contribution in [2.75, 3.05) is 39.4 Å². The van der Waals surface area contributed by atoms with Gasteiger partial charge in [0, 0.05) is 33.2 Å². The summed E-state index contributed by atoms with van der Waals surface area (Å²) in [4.78, 5) is 7.10. The monoisotopic (exact) mass is 377 g/mol. The van der Waals surface area contributed by atoms with Crippen LogP contribution in [0.25, 0.3) is 0 Å². The summed E-state index contributed by atoms with van der Waals surface area (Å²) in [6, 6.07) is 2.10. The third-order valence-electron chi connectivity index (χ3n) is 4.42. The highest BCUT2D eigenvalue weighted by Gasteiger charge is 2.10. The van der Waals surface area contributed by atoms with E-state index in [9.17, 15) is 0 Å². The van der Waals surface area contributed by atoms with Crippen molar-refractivity contribution in [1.82, 2.24) is 30.3 Å². The van der Waals surface area contributed by atoms with E-state index in [-0.39, 0.29) is 0 Å². The minimum atomic E-state index is 0.588. The molecule has 9 heteroatoms. The maximum Gasteiger partial charge on any atom is 0.192 e. The van der Waals surface area contributed by atoms with Gasteiger partial charge in [0.2, 0.25) is 0 Å². The number of morpholine rings is 1. The topological polar surface area (TPSA) is 79.6 Å². The minimum absolute atomic E-state index is 0.588. The van der Waals surface area contributed by atoms with Crippen LogP contribution in [0.15, 0.2) is 21.8 Å². The van der Waals surface area contributed by atoms with Crippen LogP contribution in [0.5, 0.6) is 0 Å². The Labute approximate surface area is 158 Å². The first kappa shape index (κ1) is 18.8. The zero-order valence-corrected chi connectivity index (χ0v) is 16.3. The van der Waals surface area contributed by atoms with Crippen molar-refractivity contribution in [2.45, 2.75) is 20.0 Å². The molecule has 0 saturated carbocycles. The molecular formula is C17H27N7OS. The molecule has 2 aromatic heterocycles. The van der Waals surface area contributed by atoms with Crippen molar-refractivity contribution in [3.8, 4) is 0 Å². The SMILES string of the molecule is Cc1nnc(CNC(=NCc2ccsc2)NCCN2CCOCC2)n1C. The molecule has 0 amide bonds. The van der Waals surface area contributed by atoms with E-state index in [4.69, 9.17) is 9.73 Å². The minimum Gasteiger partial charge on any atom is -0.379 e. The van der Waals surface area contributed by atoms with Crippen LogP contribution < -0.4 is 10.6 Å². The van der Waals surface area contributed by atoms with E-state index in [1.165, 1.54) is 5.56 Å². The van der Waals surface area contributed by atoms with Crippen LogP contribution >= 0.6 is 11.3 Å². The van der Waals surface area contributed by atoms with Gasteiger partial charge in [-0.05, 0) is 29.3 Å². The normalized spacial score (nSPS) is 16.0. The Morgan fingerprint density at radius 1 is 1.31 bits per heavy atom. The molecular weight excluding hydrogens is 350 g/mol. The van der Waals surface area contributed by atoms with Gasteiger partial charge in [-0.1, -0.05) is 0 Å². The van der Waals surface area contributed by atoms with Gasteiger partial charge in [-0.2, -0.15) is 11.3 Å². The molecule has 0 bridgehead atoms. The van der Waals surface area contributed by atoms with Gasteiger partial charge in [0.05, 0.1) is 26.3 Å². The lowest BCUT2D eigenvalue weighted by molar-refractivity contribution is 0.0389. The predicted molar refractivity (Wildman–Crippen MR) is 103 cm³/mol. The highest BCUT2D eigenvalue weighted by molar-refractivity contribution is 7.07. The van der Waals surface area contributed by atoms with E-state index in [0.29, 0.717) is 13.1 Å². The van der Waals surface area contributed by atoms with E-state index in [1.54, 1.807) is 11.3 Å². The summed E-state index contributed by atoms with van der Waals surface area (Å²) in [6.07, 6.45) is 0. The van der Waals surface area contributed by atoms with Gasteiger partial charge in [-0.15, -0.1) is 10.2 Å². The molecule has 0 aliphatic carbocycles. The number of aryl methyl sites for hydroxylation is 1. The van der Waals surface area contributed by atoms with Crippen LogP contribution in [0.1, 0.15) is 17.2 Å². The summed E-state index contributed by atoms with van der Waals surface area (Å²) < 4.78 is 7.38. The molecule has 0 spiro atoms. The molecule has 0 atom stereocenters. The van der Waals surface area contributed by atoms with E-state index in [1.807, 2.05) is 18.5 Å². The third kappa shape index (κ3) is 5.52. The number of rotatable bonds is 7. The molecule has 0 aromatic carbocycles.